The second-order valence-corrected chi connectivity index (χ2v) is 6.11. The fraction of sp³-hybridized carbons (Fsp3) is 0.444. The van der Waals surface area contributed by atoms with Crippen LogP contribution < -0.4 is 5.73 Å². The highest BCUT2D eigenvalue weighted by Gasteiger charge is 2.30. The van der Waals surface area contributed by atoms with Gasteiger partial charge in [0, 0.05) is 22.6 Å². The van der Waals surface area contributed by atoms with E-state index >= 15 is 0 Å². The lowest BCUT2D eigenvalue weighted by Crippen LogP contribution is -2.32. The van der Waals surface area contributed by atoms with Crippen LogP contribution >= 0.6 is 0 Å². The van der Waals surface area contributed by atoms with Crippen molar-refractivity contribution >= 4 is 16.7 Å². The van der Waals surface area contributed by atoms with E-state index in [4.69, 9.17) is 5.73 Å². The zero-order chi connectivity index (χ0) is 14.8. The smallest absolute Gasteiger partial charge is 0.166 e. The fourth-order valence-electron chi connectivity index (χ4n) is 3.43. The van der Waals surface area contributed by atoms with Gasteiger partial charge in [0.1, 0.15) is 0 Å². The Morgan fingerprint density at radius 2 is 2.05 bits per heavy atom. The SMILES string of the molecule is Cc1ccc2cc(C(=O)C3CCCCC3CN)ccc2n1. The van der Waals surface area contributed by atoms with E-state index in [2.05, 4.69) is 4.98 Å². The van der Waals surface area contributed by atoms with E-state index in [1.807, 2.05) is 37.3 Å². The van der Waals surface area contributed by atoms with E-state index in [9.17, 15) is 4.79 Å². The van der Waals surface area contributed by atoms with Gasteiger partial charge in [0.25, 0.3) is 0 Å². The van der Waals surface area contributed by atoms with Gasteiger partial charge in [0.2, 0.25) is 0 Å². The summed E-state index contributed by atoms with van der Waals surface area (Å²) < 4.78 is 0. The fourth-order valence-corrected chi connectivity index (χ4v) is 3.43. The second-order valence-electron chi connectivity index (χ2n) is 6.11. The Bertz CT molecular complexity index is 665. The first-order chi connectivity index (χ1) is 10.2. The molecule has 1 fully saturated rings. The van der Waals surface area contributed by atoms with Crippen LogP contribution in [0.5, 0.6) is 0 Å². The molecule has 0 radical (unpaired) electrons. The number of hydrogen-bond donors (Lipinski definition) is 1. The first kappa shape index (κ1) is 14.2. The Hall–Kier alpha value is -1.74. The summed E-state index contributed by atoms with van der Waals surface area (Å²) >= 11 is 0. The van der Waals surface area contributed by atoms with Crippen molar-refractivity contribution in [2.45, 2.75) is 32.6 Å². The van der Waals surface area contributed by atoms with E-state index in [1.165, 1.54) is 6.42 Å². The maximum absolute atomic E-state index is 12.8. The Kier molecular flexibility index (Phi) is 4.02. The molecular weight excluding hydrogens is 260 g/mol. The van der Waals surface area contributed by atoms with Gasteiger partial charge in [0.15, 0.2) is 5.78 Å². The van der Waals surface area contributed by atoms with Crippen LogP contribution in [-0.2, 0) is 0 Å². The van der Waals surface area contributed by atoms with Gasteiger partial charge in [-0.15, -0.1) is 0 Å². The molecule has 1 aromatic carbocycles. The van der Waals surface area contributed by atoms with Crippen molar-refractivity contribution < 1.29 is 4.79 Å². The lowest BCUT2D eigenvalue weighted by molar-refractivity contribution is 0.0830. The number of Topliss-reactive ketones (excluding diaryl/α,β-unsaturated/α-hetero) is 1. The third-order valence-corrected chi connectivity index (χ3v) is 4.66. The Labute approximate surface area is 125 Å². The molecule has 1 heterocycles. The Morgan fingerprint density at radius 1 is 1.24 bits per heavy atom. The molecule has 0 bridgehead atoms. The number of fused-ring (bicyclic) bond motifs is 1. The average Bonchev–Trinajstić information content (AvgIpc) is 2.53. The van der Waals surface area contributed by atoms with Gasteiger partial charge in [-0.3, -0.25) is 9.78 Å². The summed E-state index contributed by atoms with van der Waals surface area (Å²) in [7, 11) is 0. The molecule has 0 saturated heterocycles. The van der Waals surface area contributed by atoms with Gasteiger partial charge in [-0.1, -0.05) is 18.9 Å². The molecule has 3 rings (SSSR count). The van der Waals surface area contributed by atoms with Crippen molar-refractivity contribution in [2.24, 2.45) is 17.6 Å². The number of ketones is 1. The van der Waals surface area contributed by atoms with E-state index in [1.54, 1.807) is 0 Å². The van der Waals surface area contributed by atoms with Crippen LogP contribution in [0.1, 0.15) is 41.7 Å². The summed E-state index contributed by atoms with van der Waals surface area (Å²) in [6.07, 6.45) is 4.40. The summed E-state index contributed by atoms with van der Waals surface area (Å²) in [5.74, 6) is 0.699. The highest BCUT2D eigenvalue weighted by Crippen LogP contribution is 2.32. The van der Waals surface area contributed by atoms with Gasteiger partial charge < -0.3 is 5.73 Å². The lowest BCUT2D eigenvalue weighted by Gasteiger charge is -2.29. The molecule has 2 N–H and O–H groups in total. The largest absolute Gasteiger partial charge is 0.330 e. The van der Waals surface area contributed by atoms with Crippen LogP contribution in [0.15, 0.2) is 30.3 Å². The Balaban J connectivity index is 1.91. The van der Waals surface area contributed by atoms with Crippen molar-refractivity contribution in [3.05, 3.63) is 41.6 Å². The summed E-state index contributed by atoms with van der Waals surface area (Å²) in [4.78, 5) is 17.3. The minimum Gasteiger partial charge on any atom is -0.330 e. The molecule has 3 heteroatoms. The zero-order valence-corrected chi connectivity index (χ0v) is 12.5. The van der Waals surface area contributed by atoms with Crippen LogP contribution in [0, 0.1) is 18.8 Å². The van der Waals surface area contributed by atoms with Gasteiger partial charge in [-0.25, -0.2) is 0 Å². The van der Waals surface area contributed by atoms with E-state index in [0.717, 1.165) is 41.4 Å². The van der Waals surface area contributed by atoms with E-state index in [-0.39, 0.29) is 11.7 Å². The van der Waals surface area contributed by atoms with Crippen molar-refractivity contribution in [3.8, 4) is 0 Å². The topological polar surface area (TPSA) is 56.0 Å². The Morgan fingerprint density at radius 3 is 2.86 bits per heavy atom. The van der Waals surface area contributed by atoms with Crippen molar-refractivity contribution in [3.63, 3.8) is 0 Å². The molecule has 1 aliphatic carbocycles. The molecule has 0 amide bonds. The van der Waals surface area contributed by atoms with Gasteiger partial charge in [-0.05, 0) is 56.5 Å². The number of carbonyl (C=O) groups is 1. The summed E-state index contributed by atoms with van der Waals surface area (Å²) in [6, 6.07) is 9.87. The van der Waals surface area contributed by atoms with E-state index < -0.39 is 0 Å². The molecule has 2 aromatic rings. The lowest BCUT2D eigenvalue weighted by atomic mass is 9.75. The van der Waals surface area contributed by atoms with Gasteiger partial charge >= 0.3 is 0 Å². The number of aromatic nitrogens is 1. The predicted molar refractivity (Wildman–Crippen MR) is 85.3 cm³/mol. The van der Waals surface area contributed by atoms with Gasteiger partial charge in [-0.2, -0.15) is 0 Å². The molecule has 2 unspecified atom stereocenters. The third kappa shape index (κ3) is 2.84. The maximum atomic E-state index is 12.8. The molecule has 1 aliphatic rings. The summed E-state index contributed by atoms with van der Waals surface area (Å²) in [6.45, 7) is 2.59. The number of hydrogen-bond acceptors (Lipinski definition) is 3. The number of rotatable bonds is 3. The van der Waals surface area contributed by atoms with Crippen molar-refractivity contribution in [1.82, 2.24) is 4.98 Å². The molecule has 2 atom stereocenters. The number of benzene rings is 1. The number of aryl methyl sites for hydroxylation is 1. The molecule has 1 saturated carbocycles. The highest BCUT2D eigenvalue weighted by molar-refractivity contribution is 6.01. The average molecular weight is 282 g/mol. The highest BCUT2D eigenvalue weighted by atomic mass is 16.1. The monoisotopic (exact) mass is 282 g/mol. The summed E-state index contributed by atoms with van der Waals surface area (Å²) in [5.41, 5.74) is 8.61. The second kappa shape index (κ2) is 5.94. The van der Waals surface area contributed by atoms with E-state index in [0.29, 0.717) is 12.5 Å². The van der Waals surface area contributed by atoms with Gasteiger partial charge in [0.05, 0.1) is 5.52 Å². The molecule has 1 aromatic heterocycles. The van der Waals surface area contributed by atoms with Crippen LogP contribution in [0.4, 0.5) is 0 Å². The van der Waals surface area contributed by atoms with Crippen molar-refractivity contribution in [1.29, 1.82) is 0 Å². The standard InChI is InChI=1S/C18H22N2O/c1-12-6-7-13-10-14(8-9-17(13)20-12)18(21)16-5-3-2-4-15(16)11-19/h6-10,15-16H,2-5,11,19H2,1H3. The number of carbonyl (C=O) groups excluding carboxylic acids is 1. The normalized spacial score (nSPS) is 22.4. The molecule has 21 heavy (non-hydrogen) atoms. The molecule has 0 aliphatic heterocycles. The molecular formula is C18H22N2O. The quantitative estimate of drug-likeness (QED) is 0.877. The first-order valence-electron chi connectivity index (χ1n) is 7.81. The first-order valence-corrected chi connectivity index (χ1v) is 7.81. The van der Waals surface area contributed by atoms with Crippen LogP contribution in [0.3, 0.4) is 0 Å². The minimum absolute atomic E-state index is 0.0969. The van der Waals surface area contributed by atoms with Crippen LogP contribution in [0.25, 0.3) is 10.9 Å². The van der Waals surface area contributed by atoms with Crippen molar-refractivity contribution in [2.75, 3.05) is 6.54 Å². The molecule has 0 spiro atoms. The predicted octanol–water partition coefficient (Wildman–Crippen LogP) is 3.49. The molecule has 110 valence electrons. The molecule has 3 nitrogen and oxygen atoms in total. The number of nitrogens with two attached hydrogens (primary N) is 1. The van der Waals surface area contributed by atoms with Crippen LogP contribution in [-0.4, -0.2) is 17.3 Å². The number of nitrogens with zero attached hydrogens (tertiary/aromatic N) is 1. The minimum atomic E-state index is 0.0969. The maximum Gasteiger partial charge on any atom is 0.166 e. The third-order valence-electron chi connectivity index (χ3n) is 4.66. The number of pyridine rings is 1. The summed E-state index contributed by atoms with van der Waals surface area (Å²) in [5, 5.41) is 1.03. The van der Waals surface area contributed by atoms with Crippen LogP contribution in [0.2, 0.25) is 0 Å². The zero-order valence-electron chi connectivity index (χ0n) is 12.5.